The van der Waals surface area contributed by atoms with Crippen LogP contribution in [0, 0.1) is 5.82 Å². The highest BCUT2D eigenvalue weighted by Crippen LogP contribution is 2.24. The van der Waals surface area contributed by atoms with E-state index >= 15 is 0 Å². The second kappa shape index (κ2) is 8.20. The minimum atomic E-state index is -1.46. The van der Waals surface area contributed by atoms with Gasteiger partial charge in [-0.25, -0.2) is 13.6 Å². The number of hydrogen-bond donors (Lipinski definition) is 0. The molecule has 1 aliphatic rings. The van der Waals surface area contributed by atoms with Crippen LogP contribution in [0.5, 0.6) is 0 Å². The Bertz CT molecular complexity index is 649. The van der Waals surface area contributed by atoms with E-state index < -0.39 is 35.1 Å². The molecule has 0 radical (unpaired) electrons. The molecule has 2 atom stereocenters. The van der Waals surface area contributed by atoms with Gasteiger partial charge in [0.25, 0.3) is 0 Å². The number of ether oxygens (including phenoxy) is 1. The summed E-state index contributed by atoms with van der Waals surface area (Å²) in [7, 11) is 0. The van der Waals surface area contributed by atoms with Gasteiger partial charge in [-0.1, -0.05) is 12.1 Å². The molecule has 1 aromatic carbocycles. The first-order chi connectivity index (χ1) is 12.1. The van der Waals surface area contributed by atoms with E-state index in [4.69, 9.17) is 16.3 Å². The van der Waals surface area contributed by atoms with Crippen LogP contribution in [0.4, 0.5) is 18.4 Å². The molecule has 0 N–H and O–H groups in total. The van der Waals surface area contributed by atoms with Crippen LogP contribution in [0.1, 0.15) is 32.8 Å². The molecule has 2 rings (SSSR count). The van der Waals surface area contributed by atoms with Crippen LogP contribution >= 0.6 is 11.6 Å². The maximum atomic E-state index is 14.7. The summed E-state index contributed by atoms with van der Waals surface area (Å²) in [6, 6.07) is 4.81. The zero-order valence-electron chi connectivity index (χ0n) is 15.0. The molecule has 1 aliphatic heterocycles. The summed E-state index contributed by atoms with van der Waals surface area (Å²) in [6.07, 6.45) is -1.81. The summed E-state index contributed by atoms with van der Waals surface area (Å²) in [4.78, 5) is 26.4. The Morgan fingerprint density at radius 1 is 1.31 bits per heavy atom. The highest BCUT2D eigenvalue weighted by atomic mass is 35.5. The van der Waals surface area contributed by atoms with Crippen LogP contribution in [0.2, 0.25) is 0 Å². The molecule has 26 heavy (non-hydrogen) atoms. The van der Waals surface area contributed by atoms with Gasteiger partial charge in [0, 0.05) is 13.1 Å². The molecule has 0 bridgehead atoms. The summed E-state index contributed by atoms with van der Waals surface area (Å²) in [5.74, 6) is -0.397. The number of carbonyl (C=O) groups is 2. The van der Waals surface area contributed by atoms with Crippen LogP contribution < -0.4 is 0 Å². The quantitative estimate of drug-likeness (QED) is 0.572. The second-order valence-corrected chi connectivity index (χ2v) is 7.63. The van der Waals surface area contributed by atoms with E-state index in [1.165, 1.54) is 34.1 Å². The fraction of sp³-hybridized carbons (Fsp3) is 0.556. The fourth-order valence-corrected chi connectivity index (χ4v) is 3.02. The van der Waals surface area contributed by atoms with Gasteiger partial charge in [-0.3, -0.25) is 4.79 Å². The summed E-state index contributed by atoms with van der Waals surface area (Å²) in [5.41, 5.74) is -0.0253. The number of hydrogen-bond acceptors (Lipinski definition) is 3. The molecule has 5 nitrogen and oxygen atoms in total. The van der Waals surface area contributed by atoms with E-state index in [0.29, 0.717) is 5.56 Å². The molecule has 0 spiro atoms. The van der Waals surface area contributed by atoms with Crippen LogP contribution in [0.15, 0.2) is 24.3 Å². The fourth-order valence-electron chi connectivity index (χ4n) is 2.83. The van der Waals surface area contributed by atoms with Gasteiger partial charge in [-0.05, 0) is 56.5 Å². The SMILES string of the molecule is CC(C)(C)OC(=O)N1CC[C@@H](N(Cc2ccc(F)cc2)C(=O)Cl)[C@@H](F)C1. The maximum absolute atomic E-state index is 14.7. The van der Waals surface area contributed by atoms with Crippen molar-refractivity contribution in [3.63, 3.8) is 0 Å². The van der Waals surface area contributed by atoms with Crippen molar-refractivity contribution in [2.45, 2.75) is 51.6 Å². The van der Waals surface area contributed by atoms with E-state index in [1.807, 2.05) is 0 Å². The first-order valence-electron chi connectivity index (χ1n) is 8.39. The van der Waals surface area contributed by atoms with Crippen molar-refractivity contribution in [2.75, 3.05) is 13.1 Å². The Morgan fingerprint density at radius 2 is 1.92 bits per heavy atom. The van der Waals surface area contributed by atoms with E-state index in [0.717, 1.165) is 0 Å². The van der Waals surface area contributed by atoms with Crippen LogP contribution in [-0.2, 0) is 11.3 Å². The van der Waals surface area contributed by atoms with Crippen molar-refractivity contribution in [3.8, 4) is 0 Å². The number of likely N-dealkylation sites (tertiary alicyclic amines) is 1. The molecule has 1 heterocycles. The first-order valence-corrected chi connectivity index (χ1v) is 8.77. The van der Waals surface area contributed by atoms with Crippen molar-refractivity contribution < 1.29 is 23.1 Å². The molecule has 0 aliphatic carbocycles. The van der Waals surface area contributed by atoms with E-state index in [1.54, 1.807) is 20.8 Å². The van der Waals surface area contributed by atoms with Gasteiger partial charge >= 0.3 is 11.5 Å². The molecule has 144 valence electrons. The van der Waals surface area contributed by atoms with E-state index in [2.05, 4.69) is 0 Å². The molecule has 8 heteroatoms. The summed E-state index contributed by atoms with van der Waals surface area (Å²) in [5, 5.41) is -0.785. The van der Waals surface area contributed by atoms with E-state index in [9.17, 15) is 18.4 Å². The summed E-state index contributed by atoms with van der Waals surface area (Å²) in [6.45, 7) is 5.36. The first kappa shape index (κ1) is 20.4. The van der Waals surface area contributed by atoms with Gasteiger partial charge in [0.2, 0.25) is 0 Å². The highest BCUT2D eigenvalue weighted by molar-refractivity contribution is 6.62. The molecule has 0 unspecified atom stereocenters. The van der Waals surface area contributed by atoms with Crippen LogP contribution in [0.3, 0.4) is 0 Å². The maximum Gasteiger partial charge on any atom is 0.410 e. The molecular formula is C18H23ClF2N2O3. The minimum absolute atomic E-state index is 0.0696. The summed E-state index contributed by atoms with van der Waals surface area (Å²) < 4.78 is 33.0. The van der Waals surface area contributed by atoms with Crippen LogP contribution in [-0.4, -0.2) is 52.2 Å². The lowest BCUT2D eigenvalue weighted by atomic mass is 10.0. The van der Waals surface area contributed by atoms with Crippen molar-refractivity contribution in [1.29, 1.82) is 0 Å². The number of nitrogens with zero attached hydrogens (tertiary/aromatic N) is 2. The Kier molecular flexibility index (Phi) is 6.44. The van der Waals surface area contributed by atoms with Crippen molar-refractivity contribution in [3.05, 3.63) is 35.6 Å². The normalized spacial score (nSPS) is 20.6. The number of piperidine rings is 1. The highest BCUT2D eigenvalue weighted by Gasteiger charge is 2.38. The zero-order chi connectivity index (χ0) is 19.5. The van der Waals surface area contributed by atoms with Gasteiger partial charge in [0.1, 0.15) is 17.6 Å². The Balaban J connectivity index is 2.04. The third kappa shape index (κ3) is 5.56. The largest absolute Gasteiger partial charge is 0.444 e. The van der Waals surface area contributed by atoms with Gasteiger partial charge < -0.3 is 14.5 Å². The Morgan fingerprint density at radius 3 is 2.42 bits per heavy atom. The summed E-state index contributed by atoms with van der Waals surface area (Å²) >= 11 is 5.65. The standard InChI is InChI=1S/C18H23ClF2N2O3/c1-18(2,3)26-17(25)22-9-8-15(14(21)11-22)23(16(19)24)10-12-4-6-13(20)7-5-12/h4-7,14-15H,8-11H2,1-3H3/t14-,15+/m0/s1. The molecule has 1 saturated heterocycles. The Labute approximate surface area is 156 Å². The lowest BCUT2D eigenvalue weighted by Gasteiger charge is -2.40. The molecule has 1 aromatic rings. The smallest absolute Gasteiger partial charge is 0.410 e. The lowest BCUT2D eigenvalue weighted by Crippen LogP contribution is -2.54. The number of rotatable bonds is 3. The average molecular weight is 389 g/mol. The average Bonchev–Trinajstić information content (AvgIpc) is 2.53. The van der Waals surface area contributed by atoms with Gasteiger partial charge in [0.15, 0.2) is 0 Å². The number of amides is 2. The van der Waals surface area contributed by atoms with Crippen molar-refractivity contribution in [2.24, 2.45) is 0 Å². The second-order valence-electron chi connectivity index (χ2n) is 7.31. The van der Waals surface area contributed by atoms with Crippen LogP contribution in [0.25, 0.3) is 0 Å². The lowest BCUT2D eigenvalue weighted by molar-refractivity contribution is 0.000606. The molecular weight excluding hydrogens is 366 g/mol. The third-order valence-corrected chi connectivity index (χ3v) is 4.27. The number of halogens is 3. The number of carbonyl (C=O) groups excluding carboxylic acids is 2. The van der Waals surface area contributed by atoms with Gasteiger partial charge in [-0.15, -0.1) is 0 Å². The molecule has 1 fully saturated rings. The Hall–Kier alpha value is -1.89. The molecule has 0 aromatic heterocycles. The van der Waals surface area contributed by atoms with Gasteiger partial charge in [-0.2, -0.15) is 0 Å². The van der Waals surface area contributed by atoms with Crippen molar-refractivity contribution >= 4 is 23.1 Å². The molecule has 0 saturated carbocycles. The number of alkyl halides is 1. The monoisotopic (exact) mass is 388 g/mol. The minimum Gasteiger partial charge on any atom is -0.444 e. The third-order valence-electron chi connectivity index (χ3n) is 4.05. The zero-order valence-corrected chi connectivity index (χ0v) is 15.8. The topological polar surface area (TPSA) is 49.9 Å². The van der Waals surface area contributed by atoms with Crippen molar-refractivity contribution in [1.82, 2.24) is 9.80 Å². The predicted molar refractivity (Wildman–Crippen MR) is 94.3 cm³/mol. The number of benzene rings is 1. The predicted octanol–water partition coefficient (Wildman–Crippen LogP) is 4.33. The van der Waals surface area contributed by atoms with Gasteiger partial charge in [0.05, 0.1) is 12.6 Å². The van der Waals surface area contributed by atoms with E-state index in [-0.39, 0.29) is 26.1 Å². The molecule has 2 amide bonds.